The van der Waals surface area contributed by atoms with E-state index < -0.39 is 15.7 Å². The van der Waals surface area contributed by atoms with Gasteiger partial charge in [-0.2, -0.15) is 0 Å². The molecule has 6 nitrogen and oxygen atoms in total. The number of thioether (sulfide) groups is 1. The number of sulfonamides is 1. The van der Waals surface area contributed by atoms with E-state index in [1.54, 1.807) is 6.07 Å². The summed E-state index contributed by atoms with van der Waals surface area (Å²) in [6.07, 6.45) is 1.85. The topological polar surface area (TPSA) is 84.7 Å². The van der Waals surface area contributed by atoms with Crippen LogP contribution < -0.4 is 0 Å². The van der Waals surface area contributed by atoms with Crippen LogP contribution in [-0.4, -0.2) is 47.9 Å². The summed E-state index contributed by atoms with van der Waals surface area (Å²) in [5, 5.41) is 20.3. The molecule has 1 saturated heterocycles. The molecular weight excluding hydrogens is 510 g/mol. The molecule has 10 heteroatoms. The van der Waals surface area contributed by atoms with E-state index >= 15 is 0 Å². The number of rotatable bonds is 5. The lowest BCUT2D eigenvalue weighted by molar-refractivity contribution is -0.0611. The van der Waals surface area contributed by atoms with Crippen LogP contribution in [0.4, 0.5) is 0 Å². The predicted octanol–water partition coefficient (Wildman–Crippen LogP) is 4.20. The average molecular weight is 533 g/mol. The Morgan fingerprint density at radius 1 is 1.20 bits per heavy atom. The molecule has 1 aliphatic heterocycles. The SMILES string of the molecule is Br.CN(C)S(=O)(=O)c1cc(C2(O)C(=N)SC(c3ccccc3)N2C2CC2)ccc1Cl. The van der Waals surface area contributed by atoms with Crippen molar-refractivity contribution in [1.82, 2.24) is 9.21 Å². The van der Waals surface area contributed by atoms with Crippen LogP contribution in [0.15, 0.2) is 53.4 Å². The van der Waals surface area contributed by atoms with E-state index in [-0.39, 0.29) is 43.4 Å². The fourth-order valence-corrected chi connectivity index (χ4v) is 6.32. The van der Waals surface area contributed by atoms with Crippen LogP contribution >= 0.6 is 40.3 Å². The Morgan fingerprint density at radius 2 is 1.83 bits per heavy atom. The van der Waals surface area contributed by atoms with Crippen LogP contribution in [0.25, 0.3) is 0 Å². The zero-order valence-corrected chi connectivity index (χ0v) is 20.6. The highest BCUT2D eigenvalue weighted by Gasteiger charge is 2.57. The maximum absolute atomic E-state index is 12.7. The molecule has 1 heterocycles. The van der Waals surface area contributed by atoms with Crippen molar-refractivity contribution in [2.24, 2.45) is 0 Å². The van der Waals surface area contributed by atoms with Gasteiger partial charge < -0.3 is 5.11 Å². The first-order chi connectivity index (χ1) is 13.7. The largest absolute Gasteiger partial charge is 0.366 e. The van der Waals surface area contributed by atoms with Crippen molar-refractivity contribution >= 4 is 55.4 Å². The molecule has 0 aromatic heterocycles. The first kappa shape index (κ1) is 23.7. The fraction of sp³-hybridized carbons (Fsp3) is 0.350. The number of benzene rings is 2. The Bertz CT molecular complexity index is 1060. The third-order valence-electron chi connectivity index (χ3n) is 5.29. The van der Waals surface area contributed by atoms with Crippen LogP contribution in [0, 0.1) is 5.41 Å². The first-order valence-corrected chi connectivity index (χ1v) is 11.9. The quantitative estimate of drug-likeness (QED) is 0.603. The van der Waals surface area contributed by atoms with Gasteiger partial charge in [-0.3, -0.25) is 5.41 Å². The number of nitrogens with zero attached hydrogens (tertiary/aromatic N) is 2. The van der Waals surface area contributed by atoms with Crippen LogP contribution in [0.3, 0.4) is 0 Å². The lowest BCUT2D eigenvalue weighted by atomic mass is 10.0. The van der Waals surface area contributed by atoms with Crippen LogP contribution in [0.1, 0.15) is 29.3 Å². The van der Waals surface area contributed by atoms with E-state index in [0.29, 0.717) is 5.56 Å². The highest BCUT2D eigenvalue weighted by atomic mass is 79.9. The summed E-state index contributed by atoms with van der Waals surface area (Å²) in [4.78, 5) is 1.86. The van der Waals surface area contributed by atoms with Gasteiger partial charge >= 0.3 is 0 Å². The smallest absolute Gasteiger partial charge is 0.244 e. The molecule has 0 spiro atoms. The molecule has 2 atom stereocenters. The molecule has 0 bridgehead atoms. The summed E-state index contributed by atoms with van der Waals surface area (Å²) in [7, 11) is -0.931. The van der Waals surface area contributed by atoms with Crippen molar-refractivity contribution in [3.8, 4) is 0 Å². The van der Waals surface area contributed by atoms with Gasteiger partial charge in [-0.1, -0.05) is 59.8 Å². The number of hydrogen-bond acceptors (Lipinski definition) is 6. The van der Waals surface area contributed by atoms with Crippen molar-refractivity contribution in [3.05, 3.63) is 64.7 Å². The van der Waals surface area contributed by atoms with E-state index in [2.05, 4.69) is 0 Å². The van der Waals surface area contributed by atoms with Gasteiger partial charge in [-0.25, -0.2) is 17.6 Å². The third kappa shape index (κ3) is 3.85. The second kappa shape index (κ2) is 8.54. The van der Waals surface area contributed by atoms with Crippen LogP contribution in [0.2, 0.25) is 5.02 Å². The summed E-state index contributed by atoms with van der Waals surface area (Å²) in [5.41, 5.74) is -0.363. The minimum atomic E-state index is -3.80. The lowest BCUT2D eigenvalue weighted by Crippen LogP contribution is -2.47. The zero-order valence-electron chi connectivity index (χ0n) is 16.4. The normalized spacial score (nSPS) is 24.8. The van der Waals surface area contributed by atoms with Gasteiger partial charge in [-0.15, -0.1) is 17.0 Å². The van der Waals surface area contributed by atoms with E-state index in [9.17, 15) is 13.5 Å². The number of nitrogens with one attached hydrogen (secondary N) is 1. The van der Waals surface area contributed by atoms with Crippen LogP contribution in [0.5, 0.6) is 0 Å². The van der Waals surface area contributed by atoms with E-state index in [1.165, 1.54) is 38.0 Å². The van der Waals surface area contributed by atoms with Gasteiger partial charge in [0.25, 0.3) is 0 Å². The molecule has 0 amide bonds. The molecule has 4 rings (SSSR count). The Labute approximate surface area is 196 Å². The maximum Gasteiger partial charge on any atom is 0.244 e. The van der Waals surface area contributed by atoms with Gasteiger partial charge in [0.05, 0.1) is 10.4 Å². The number of halogens is 2. The van der Waals surface area contributed by atoms with Gasteiger partial charge in [0, 0.05) is 25.7 Å². The minimum absolute atomic E-state index is 0. The monoisotopic (exact) mass is 531 g/mol. The highest BCUT2D eigenvalue weighted by Crippen LogP contribution is 2.56. The van der Waals surface area contributed by atoms with Crippen molar-refractivity contribution in [2.75, 3.05) is 14.1 Å². The summed E-state index contributed by atoms with van der Waals surface area (Å²) >= 11 is 7.48. The van der Waals surface area contributed by atoms with E-state index in [1.807, 2.05) is 35.2 Å². The summed E-state index contributed by atoms with van der Waals surface area (Å²) in [5.74, 6) is 0. The second-order valence-electron chi connectivity index (χ2n) is 7.45. The standard InChI is InChI=1S/C20H22ClN3O3S2.BrH/c1-23(2)29(26,27)17-12-14(8-11-16(17)21)20(25)19(22)28-18(24(20)15-9-10-15)13-6-4-3-5-7-13;/h3-8,11-12,15,18,22,25H,9-10H2,1-2H3;1H. The average Bonchev–Trinajstić information content (AvgIpc) is 3.48. The third-order valence-corrected chi connectivity index (χ3v) is 8.83. The van der Waals surface area contributed by atoms with Crippen molar-refractivity contribution in [3.63, 3.8) is 0 Å². The molecule has 2 aliphatic rings. The highest BCUT2D eigenvalue weighted by molar-refractivity contribution is 8.93. The Balaban J connectivity index is 0.00000256. The molecule has 162 valence electrons. The molecular formula is C20H23BrClN3O3S2. The summed E-state index contributed by atoms with van der Waals surface area (Å²) in [6.45, 7) is 0. The van der Waals surface area contributed by atoms with Gasteiger partial charge in [0.1, 0.15) is 9.94 Å². The van der Waals surface area contributed by atoms with Crippen molar-refractivity contribution < 1.29 is 13.5 Å². The lowest BCUT2D eigenvalue weighted by Gasteiger charge is -2.36. The fourth-order valence-electron chi connectivity index (χ4n) is 3.59. The molecule has 2 fully saturated rings. The molecule has 30 heavy (non-hydrogen) atoms. The van der Waals surface area contributed by atoms with Gasteiger partial charge in [-0.05, 0) is 30.5 Å². The first-order valence-electron chi connectivity index (χ1n) is 9.21. The zero-order chi connectivity index (χ0) is 21.0. The summed E-state index contributed by atoms with van der Waals surface area (Å²) < 4.78 is 26.5. The Kier molecular flexibility index (Phi) is 6.75. The van der Waals surface area contributed by atoms with Gasteiger partial charge in [0.15, 0.2) is 5.72 Å². The molecule has 1 aliphatic carbocycles. The molecule has 2 N–H and O–H groups in total. The maximum atomic E-state index is 12.7. The Morgan fingerprint density at radius 3 is 2.40 bits per heavy atom. The Hall–Kier alpha value is -0.940. The van der Waals surface area contributed by atoms with Crippen LogP contribution in [-0.2, 0) is 15.7 Å². The van der Waals surface area contributed by atoms with E-state index in [0.717, 1.165) is 22.7 Å². The van der Waals surface area contributed by atoms with E-state index in [4.69, 9.17) is 17.0 Å². The molecule has 2 aromatic rings. The van der Waals surface area contributed by atoms with Crippen molar-refractivity contribution in [2.45, 2.75) is 34.9 Å². The van der Waals surface area contributed by atoms with Crippen molar-refractivity contribution in [1.29, 1.82) is 5.41 Å². The number of aliphatic hydroxyl groups is 1. The second-order valence-corrected chi connectivity index (χ2v) is 11.1. The van der Waals surface area contributed by atoms with Gasteiger partial charge in [0.2, 0.25) is 10.0 Å². The molecule has 0 radical (unpaired) electrons. The molecule has 1 saturated carbocycles. The number of hydrogen-bond donors (Lipinski definition) is 2. The minimum Gasteiger partial charge on any atom is -0.366 e. The summed E-state index contributed by atoms with van der Waals surface area (Å²) in [6, 6.07) is 14.4. The molecule has 2 aromatic carbocycles. The molecule has 2 unspecified atom stereocenters. The predicted molar refractivity (Wildman–Crippen MR) is 126 cm³/mol.